The Morgan fingerprint density at radius 3 is 2.57 bits per heavy atom. The number of thioether (sulfide) groups is 1. The van der Waals surface area contributed by atoms with Crippen molar-refractivity contribution in [2.75, 3.05) is 12.3 Å². The van der Waals surface area contributed by atoms with Gasteiger partial charge in [0.2, 0.25) is 5.91 Å². The standard InChI is InChI=1S/C23H27N5OS/c29-21(25-15-18-7-3-1-4-8-18)17-30-23-27-26-22(20-11-13-24-14-12-20)28(23)16-19-9-5-2-6-10-19/h2,5-6,9-14,18H,1,3-4,7-8,15-17H2,(H,25,29). The van der Waals surface area contributed by atoms with Gasteiger partial charge in [-0.1, -0.05) is 61.4 Å². The summed E-state index contributed by atoms with van der Waals surface area (Å²) >= 11 is 1.44. The van der Waals surface area contributed by atoms with Gasteiger partial charge in [-0.05, 0) is 36.5 Å². The van der Waals surface area contributed by atoms with Crippen LogP contribution in [0.15, 0.2) is 60.0 Å². The molecule has 4 rings (SSSR count). The van der Waals surface area contributed by atoms with E-state index in [-0.39, 0.29) is 5.91 Å². The predicted molar refractivity (Wildman–Crippen MR) is 119 cm³/mol. The number of aromatic nitrogens is 4. The third-order valence-corrected chi connectivity index (χ3v) is 6.45. The lowest BCUT2D eigenvalue weighted by Crippen LogP contribution is -2.31. The first kappa shape index (κ1) is 20.6. The van der Waals surface area contributed by atoms with Crippen molar-refractivity contribution in [3.8, 4) is 11.4 Å². The average molecular weight is 422 g/mol. The maximum Gasteiger partial charge on any atom is 0.230 e. The number of amides is 1. The highest BCUT2D eigenvalue weighted by atomic mass is 32.2. The van der Waals surface area contributed by atoms with E-state index in [1.54, 1.807) is 12.4 Å². The zero-order chi connectivity index (χ0) is 20.6. The molecule has 3 aromatic rings. The number of rotatable bonds is 8. The highest BCUT2D eigenvalue weighted by Crippen LogP contribution is 2.25. The van der Waals surface area contributed by atoms with E-state index in [2.05, 4.69) is 37.2 Å². The Morgan fingerprint density at radius 2 is 1.80 bits per heavy atom. The Hall–Kier alpha value is -2.67. The van der Waals surface area contributed by atoms with Crippen LogP contribution in [0.4, 0.5) is 0 Å². The largest absolute Gasteiger partial charge is 0.355 e. The molecule has 0 aliphatic heterocycles. The molecular weight excluding hydrogens is 394 g/mol. The monoisotopic (exact) mass is 421 g/mol. The molecule has 1 fully saturated rings. The lowest BCUT2D eigenvalue weighted by Gasteiger charge is -2.21. The van der Waals surface area contributed by atoms with Crippen molar-refractivity contribution >= 4 is 17.7 Å². The summed E-state index contributed by atoms with van der Waals surface area (Å²) in [5, 5.41) is 12.7. The summed E-state index contributed by atoms with van der Waals surface area (Å²) in [4.78, 5) is 16.5. The van der Waals surface area contributed by atoms with Gasteiger partial charge in [0.25, 0.3) is 0 Å². The first-order valence-electron chi connectivity index (χ1n) is 10.6. The topological polar surface area (TPSA) is 72.7 Å². The summed E-state index contributed by atoms with van der Waals surface area (Å²) < 4.78 is 2.07. The smallest absolute Gasteiger partial charge is 0.230 e. The van der Waals surface area contributed by atoms with Gasteiger partial charge in [-0.25, -0.2) is 0 Å². The fourth-order valence-corrected chi connectivity index (χ4v) is 4.62. The number of nitrogens with one attached hydrogen (secondary N) is 1. The molecule has 0 saturated heterocycles. The number of carbonyl (C=O) groups excluding carboxylic acids is 1. The summed E-state index contributed by atoms with van der Waals surface area (Å²) in [5.41, 5.74) is 2.12. The second kappa shape index (κ2) is 10.4. The van der Waals surface area contributed by atoms with Crippen LogP contribution >= 0.6 is 11.8 Å². The van der Waals surface area contributed by atoms with E-state index in [1.807, 2.05) is 30.3 Å². The molecule has 6 nitrogen and oxygen atoms in total. The Balaban J connectivity index is 1.44. The third kappa shape index (κ3) is 5.48. The van der Waals surface area contributed by atoms with Gasteiger partial charge >= 0.3 is 0 Å². The number of nitrogens with zero attached hydrogens (tertiary/aromatic N) is 4. The molecule has 2 aromatic heterocycles. The molecule has 0 bridgehead atoms. The SMILES string of the molecule is O=C(CSc1nnc(-c2ccncc2)n1Cc1ccccc1)NCC1CCCCC1. The van der Waals surface area contributed by atoms with Crippen LogP contribution in [-0.4, -0.2) is 38.0 Å². The van der Waals surface area contributed by atoms with Crippen LogP contribution in [-0.2, 0) is 11.3 Å². The first-order chi connectivity index (χ1) is 14.8. The van der Waals surface area contributed by atoms with Crippen molar-refractivity contribution in [2.45, 2.75) is 43.8 Å². The molecule has 1 amide bonds. The molecule has 7 heteroatoms. The van der Waals surface area contributed by atoms with E-state index in [1.165, 1.54) is 43.9 Å². The van der Waals surface area contributed by atoms with Gasteiger partial charge in [0.15, 0.2) is 11.0 Å². The molecule has 0 unspecified atom stereocenters. The van der Waals surface area contributed by atoms with Crippen LogP contribution in [0.2, 0.25) is 0 Å². The Morgan fingerprint density at radius 1 is 1.03 bits per heavy atom. The van der Waals surface area contributed by atoms with E-state index in [0.717, 1.165) is 28.7 Å². The molecule has 30 heavy (non-hydrogen) atoms. The van der Waals surface area contributed by atoms with Gasteiger partial charge in [0.1, 0.15) is 0 Å². The van der Waals surface area contributed by atoms with Crippen LogP contribution < -0.4 is 5.32 Å². The minimum Gasteiger partial charge on any atom is -0.355 e. The maximum atomic E-state index is 12.4. The molecule has 0 radical (unpaired) electrons. The first-order valence-corrected chi connectivity index (χ1v) is 11.5. The van der Waals surface area contributed by atoms with Crippen molar-refractivity contribution in [2.24, 2.45) is 5.92 Å². The number of hydrogen-bond acceptors (Lipinski definition) is 5. The van der Waals surface area contributed by atoms with Crippen LogP contribution in [0.1, 0.15) is 37.7 Å². The molecule has 1 aromatic carbocycles. The Kier molecular flexibility index (Phi) is 7.13. The fourth-order valence-electron chi connectivity index (χ4n) is 3.85. The van der Waals surface area contributed by atoms with E-state index in [0.29, 0.717) is 18.2 Å². The van der Waals surface area contributed by atoms with Crippen molar-refractivity contribution in [1.29, 1.82) is 0 Å². The highest BCUT2D eigenvalue weighted by Gasteiger charge is 2.17. The van der Waals surface area contributed by atoms with Gasteiger partial charge in [0.05, 0.1) is 12.3 Å². The number of benzene rings is 1. The summed E-state index contributed by atoms with van der Waals surface area (Å²) in [6, 6.07) is 14.1. The van der Waals surface area contributed by atoms with Crippen LogP contribution in [0.25, 0.3) is 11.4 Å². The van der Waals surface area contributed by atoms with Crippen LogP contribution in [0, 0.1) is 5.92 Å². The van der Waals surface area contributed by atoms with Crippen molar-refractivity contribution in [1.82, 2.24) is 25.1 Å². The van der Waals surface area contributed by atoms with Crippen molar-refractivity contribution in [3.63, 3.8) is 0 Å². The number of carbonyl (C=O) groups is 1. The number of pyridine rings is 1. The molecule has 156 valence electrons. The fraction of sp³-hybridized carbons (Fsp3) is 0.391. The van der Waals surface area contributed by atoms with Gasteiger partial charge in [-0.15, -0.1) is 10.2 Å². The molecular formula is C23H27N5OS. The quantitative estimate of drug-likeness (QED) is 0.553. The van der Waals surface area contributed by atoms with Gasteiger partial charge in [-0.3, -0.25) is 14.3 Å². The summed E-state index contributed by atoms with van der Waals surface area (Å²) in [6.45, 7) is 1.44. The van der Waals surface area contributed by atoms with E-state index in [9.17, 15) is 4.79 Å². The second-order valence-electron chi connectivity index (χ2n) is 7.71. The van der Waals surface area contributed by atoms with E-state index >= 15 is 0 Å². The van der Waals surface area contributed by atoms with Gasteiger partial charge in [0, 0.05) is 24.5 Å². The summed E-state index contributed by atoms with van der Waals surface area (Å²) in [6.07, 6.45) is 9.87. The second-order valence-corrected chi connectivity index (χ2v) is 8.65. The van der Waals surface area contributed by atoms with E-state index < -0.39 is 0 Å². The van der Waals surface area contributed by atoms with Crippen molar-refractivity contribution < 1.29 is 4.79 Å². The summed E-state index contributed by atoms with van der Waals surface area (Å²) in [7, 11) is 0. The molecule has 2 heterocycles. The third-order valence-electron chi connectivity index (χ3n) is 5.48. The lowest BCUT2D eigenvalue weighted by atomic mass is 9.89. The molecule has 1 N–H and O–H groups in total. The molecule has 0 spiro atoms. The van der Waals surface area contributed by atoms with Crippen LogP contribution in [0.3, 0.4) is 0 Å². The molecule has 1 aliphatic rings. The average Bonchev–Trinajstić information content (AvgIpc) is 3.20. The minimum atomic E-state index is 0.0605. The molecule has 1 saturated carbocycles. The van der Waals surface area contributed by atoms with Gasteiger partial charge in [-0.2, -0.15) is 0 Å². The Bertz CT molecular complexity index is 939. The zero-order valence-electron chi connectivity index (χ0n) is 17.0. The maximum absolute atomic E-state index is 12.4. The highest BCUT2D eigenvalue weighted by molar-refractivity contribution is 7.99. The molecule has 0 atom stereocenters. The van der Waals surface area contributed by atoms with Gasteiger partial charge < -0.3 is 5.32 Å². The van der Waals surface area contributed by atoms with Crippen LogP contribution in [0.5, 0.6) is 0 Å². The molecule has 1 aliphatic carbocycles. The normalized spacial score (nSPS) is 14.5. The Labute approximate surface area is 181 Å². The minimum absolute atomic E-state index is 0.0605. The predicted octanol–water partition coefficient (Wildman–Crippen LogP) is 4.18. The van der Waals surface area contributed by atoms with E-state index in [4.69, 9.17) is 0 Å². The lowest BCUT2D eigenvalue weighted by molar-refractivity contribution is -0.118. The summed E-state index contributed by atoms with van der Waals surface area (Å²) in [5.74, 6) is 1.82. The van der Waals surface area contributed by atoms with Crippen molar-refractivity contribution in [3.05, 3.63) is 60.4 Å². The zero-order valence-corrected chi connectivity index (χ0v) is 17.9. The number of hydrogen-bond donors (Lipinski definition) is 1.